The molecule has 0 saturated carbocycles. The highest BCUT2D eigenvalue weighted by Crippen LogP contribution is 1.85. The van der Waals surface area contributed by atoms with Gasteiger partial charge in [-0.3, -0.25) is 14.6 Å². The van der Waals surface area contributed by atoms with Gasteiger partial charge in [0.25, 0.3) is 0 Å². The predicted octanol–water partition coefficient (Wildman–Crippen LogP) is 7.10. The van der Waals surface area contributed by atoms with E-state index in [1.54, 1.807) is 56.3 Å². The summed E-state index contributed by atoms with van der Waals surface area (Å²) in [4.78, 5) is 25.2. The molecule has 0 heterocycles. The Morgan fingerprint density at radius 1 is 0.625 bits per heavy atom. The summed E-state index contributed by atoms with van der Waals surface area (Å²) in [6.07, 6.45) is 4.53. The molecule has 344 valence electrons. The van der Waals surface area contributed by atoms with Crippen LogP contribution in [-0.4, -0.2) is 148 Å². The minimum atomic E-state index is -0.230. The van der Waals surface area contributed by atoms with E-state index in [2.05, 4.69) is 32.6 Å². The molecule has 0 spiro atoms. The molecular weight excluding hydrogens is 763 g/mol. The highest BCUT2D eigenvalue weighted by molar-refractivity contribution is 7.80. The van der Waals surface area contributed by atoms with Crippen LogP contribution in [0.25, 0.3) is 0 Å². The summed E-state index contributed by atoms with van der Waals surface area (Å²) in [5.41, 5.74) is 5.87. The number of nitrogens with one attached hydrogen (secondary N) is 3. The third-order valence-corrected chi connectivity index (χ3v) is 5.05. The van der Waals surface area contributed by atoms with Gasteiger partial charge in [-0.1, -0.05) is 41.9 Å². The molecule has 0 radical (unpaired) electrons. The fourth-order valence-electron chi connectivity index (χ4n) is 2.52. The number of carbonyl (C=O) groups excluding carboxylic acids is 2. The third kappa shape index (κ3) is 132. The van der Waals surface area contributed by atoms with Gasteiger partial charge in [0.05, 0.1) is 30.6 Å². The van der Waals surface area contributed by atoms with Crippen molar-refractivity contribution >= 4 is 57.9 Å². The molecule has 17 heteroatoms. The van der Waals surface area contributed by atoms with Gasteiger partial charge < -0.3 is 59.7 Å². The number of ether oxygens (including phenoxy) is 8. The number of methoxy groups -OCH3 is 5. The molecule has 0 unspecified atom stereocenters. The van der Waals surface area contributed by atoms with Crippen LogP contribution in [0, 0.1) is 5.41 Å². The second-order valence-corrected chi connectivity index (χ2v) is 11.5. The van der Waals surface area contributed by atoms with Crippen molar-refractivity contribution in [1.29, 1.82) is 5.41 Å². The van der Waals surface area contributed by atoms with Crippen molar-refractivity contribution in [2.45, 2.75) is 110 Å². The molecule has 0 bridgehead atoms. The first-order valence-corrected chi connectivity index (χ1v) is 18.0. The second-order valence-electron chi connectivity index (χ2n) is 10.3. The Bertz CT molecular complexity index is 737. The predicted molar refractivity (Wildman–Crippen MR) is 247 cm³/mol. The van der Waals surface area contributed by atoms with Crippen LogP contribution in [0.3, 0.4) is 0 Å². The van der Waals surface area contributed by atoms with E-state index in [1.165, 1.54) is 13.8 Å². The maximum Gasteiger partial charge on any atom is 0.302 e. The number of amides is 1. The van der Waals surface area contributed by atoms with E-state index >= 15 is 0 Å². The molecule has 0 aliphatic carbocycles. The van der Waals surface area contributed by atoms with Crippen LogP contribution in [-0.2, 0) is 47.5 Å². The lowest BCUT2D eigenvalue weighted by Gasteiger charge is -2.01. The van der Waals surface area contributed by atoms with E-state index in [1.807, 2.05) is 13.8 Å². The van der Waals surface area contributed by atoms with Crippen LogP contribution in [0.2, 0.25) is 0 Å². The first-order chi connectivity index (χ1) is 24.6. The maximum atomic E-state index is 10.3. The first kappa shape index (κ1) is 78.0. The number of thiocarbonyl (C=S) groups is 2. The molecule has 56 heavy (non-hydrogen) atoms. The van der Waals surface area contributed by atoms with Crippen LogP contribution in [0.4, 0.5) is 0 Å². The van der Waals surface area contributed by atoms with E-state index in [0.29, 0.717) is 62.8 Å². The van der Waals surface area contributed by atoms with Gasteiger partial charge in [-0.25, -0.2) is 0 Å². The number of aliphatic imine (C=N–C) groups is 1. The zero-order chi connectivity index (χ0) is 41.3. The normalized spacial score (nSPS) is 8.89. The molecule has 0 aromatic rings. The zero-order valence-electron chi connectivity index (χ0n) is 34.4. The number of hydrogen-bond acceptors (Lipinski definition) is 14. The van der Waals surface area contributed by atoms with Crippen LogP contribution in [0.5, 0.6) is 0 Å². The van der Waals surface area contributed by atoms with E-state index in [4.69, 9.17) is 56.5 Å². The van der Waals surface area contributed by atoms with E-state index in [-0.39, 0.29) is 41.6 Å². The summed E-state index contributed by atoms with van der Waals surface area (Å²) in [6, 6.07) is 0. The SMILES string of the molecule is C.C.C.C.CCOCC(C)=N.COCCCN=C(C)N.COCCCNC(C)=O.COCCCNC(C)=S.COCCCOC(C)=O.COCCCOC(C)=S. The summed E-state index contributed by atoms with van der Waals surface area (Å²) >= 11 is 9.48. The number of nitrogens with two attached hydrogens (primary N) is 1. The van der Waals surface area contributed by atoms with Gasteiger partial charge in [0.1, 0.15) is 0 Å². The molecule has 0 saturated heterocycles. The number of hydrogen-bond donors (Lipinski definition) is 4. The highest BCUT2D eigenvalue weighted by Gasteiger charge is 1.91. The number of esters is 1. The Morgan fingerprint density at radius 2 is 1.02 bits per heavy atom. The average Bonchev–Trinajstić information content (AvgIpc) is 3.07. The fraction of sp³-hybridized carbons (Fsp3) is 0.846. The molecule has 1 amide bonds. The Balaban J connectivity index is -0.0000000560. The second kappa shape index (κ2) is 73.7. The van der Waals surface area contributed by atoms with Gasteiger partial charge in [0, 0.05) is 134 Å². The first-order valence-electron chi connectivity index (χ1n) is 17.2. The van der Waals surface area contributed by atoms with Gasteiger partial charge in [0.2, 0.25) is 5.91 Å². The Hall–Kier alpha value is -2.38. The van der Waals surface area contributed by atoms with Crippen LogP contribution >= 0.6 is 24.4 Å². The third-order valence-electron chi connectivity index (χ3n) is 4.79. The molecule has 0 aromatic carbocycles. The standard InChI is InChI=1S/C6H14N2O.C6H13NO2.C6H13NOS.C6H12O3.C6H12O2S.C5H11NO.4CH4/c1-6(7)8-4-3-5-9-2;1-6(8)7-4-3-5-9-2;1-6(9)7-4-3-5-8-2;1-6(7)9-5-3-4-8-2;1-6(9)8-5-3-4-7-2;1-3-7-4-5(2)6;;;;/h3-5H2,1-2H3,(H2,7,8);3-5H2,1-2H3,(H,7,8);3-5H2,1-2H3,(H,7,9);2*3-5H2,1-2H3;6H,3-4H2,1-2H3;4*1H4. The number of nitrogens with zero attached hydrogens (tertiary/aromatic N) is 1. The van der Waals surface area contributed by atoms with Crippen molar-refractivity contribution in [1.82, 2.24) is 10.6 Å². The lowest BCUT2D eigenvalue weighted by atomic mass is 10.4. The number of carbonyl (C=O) groups is 2. The van der Waals surface area contributed by atoms with Crippen LogP contribution in [0.15, 0.2) is 4.99 Å². The van der Waals surface area contributed by atoms with Crippen molar-refractivity contribution in [2.24, 2.45) is 10.7 Å². The van der Waals surface area contributed by atoms with Crippen LogP contribution < -0.4 is 16.4 Å². The lowest BCUT2D eigenvalue weighted by molar-refractivity contribution is -0.141. The quantitative estimate of drug-likeness (QED) is 0.0267. The van der Waals surface area contributed by atoms with Crippen LogP contribution in [0.1, 0.15) is 110 Å². The van der Waals surface area contributed by atoms with Gasteiger partial charge in [-0.2, -0.15) is 0 Å². The molecule has 0 rings (SSSR count). The highest BCUT2D eigenvalue weighted by atomic mass is 32.1. The summed E-state index contributed by atoms with van der Waals surface area (Å²) in [5.74, 6) is 0.434. The van der Waals surface area contributed by atoms with Crippen molar-refractivity contribution in [3.8, 4) is 0 Å². The minimum absolute atomic E-state index is 0. The van der Waals surface area contributed by atoms with Gasteiger partial charge in [-0.05, 0) is 59.2 Å². The fourth-order valence-corrected chi connectivity index (χ4v) is 2.71. The molecule has 0 aliphatic rings. The molecule has 0 atom stereocenters. The van der Waals surface area contributed by atoms with E-state index in [0.717, 1.165) is 70.0 Å². The monoisotopic (exact) mass is 854 g/mol. The van der Waals surface area contributed by atoms with Crippen molar-refractivity contribution in [2.75, 3.05) is 115 Å². The molecule has 5 N–H and O–H groups in total. The maximum absolute atomic E-state index is 10.3. The van der Waals surface area contributed by atoms with Crippen molar-refractivity contribution in [3.63, 3.8) is 0 Å². The molecule has 0 aromatic heterocycles. The smallest absolute Gasteiger partial charge is 0.302 e. The topological polar surface area (TPSA) is 194 Å². The number of amidine groups is 1. The number of rotatable bonds is 23. The molecular formula is C39H91N5O10S2. The minimum Gasteiger partial charge on any atom is -0.487 e. The molecule has 15 nitrogen and oxygen atoms in total. The summed E-state index contributed by atoms with van der Waals surface area (Å²) in [6.45, 7) is 20.4. The molecule has 0 fully saturated rings. The summed E-state index contributed by atoms with van der Waals surface area (Å²) in [7, 11) is 8.31. The Labute approximate surface area is 356 Å². The summed E-state index contributed by atoms with van der Waals surface area (Å²) < 4.78 is 38.4. The zero-order valence-corrected chi connectivity index (χ0v) is 36.1. The van der Waals surface area contributed by atoms with E-state index in [9.17, 15) is 9.59 Å². The Kier molecular flexibility index (Phi) is 103. The molecule has 0 aliphatic heterocycles. The van der Waals surface area contributed by atoms with Crippen molar-refractivity contribution < 1.29 is 47.5 Å². The Morgan fingerprint density at radius 3 is 1.32 bits per heavy atom. The average molecular weight is 854 g/mol. The van der Waals surface area contributed by atoms with Gasteiger partial charge >= 0.3 is 5.97 Å². The lowest BCUT2D eigenvalue weighted by Crippen LogP contribution is -2.21. The van der Waals surface area contributed by atoms with E-state index < -0.39 is 0 Å². The van der Waals surface area contributed by atoms with Gasteiger partial charge in [-0.15, -0.1) is 0 Å². The largest absolute Gasteiger partial charge is 0.487 e. The van der Waals surface area contributed by atoms with Crippen molar-refractivity contribution in [3.05, 3.63) is 0 Å². The summed E-state index contributed by atoms with van der Waals surface area (Å²) in [5, 5.41) is 13.2. The van der Waals surface area contributed by atoms with Gasteiger partial charge in [0.15, 0.2) is 5.05 Å².